The van der Waals surface area contributed by atoms with E-state index in [1.54, 1.807) is 4.90 Å². The van der Waals surface area contributed by atoms with Crippen molar-refractivity contribution in [2.24, 2.45) is 0 Å². The maximum atomic E-state index is 13.2. The lowest BCUT2D eigenvalue weighted by Crippen LogP contribution is -2.46. The van der Waals surface area contributed by atoms with E-state index in [1.807, 2.05) is 69.3 Å². The number of esters is 1. The van der Waals surface area contributed by atoms with E-state index in [1.165, 1.54) is 0 Å². The Labute approximate surface area is 171 Å². The highest BCUT2D eigenvalue weighted by Gasteiger charge is 2.38. The molecule has 1 atom stereocenters. The molecule has 1 amide bonds. The Hall–Kier alpha value is -3.14. The second-order valence-electron chi connectivity index (χ2n) is 8.48. The standard InChI is InChI=1S/C25H25NO3/c1-25(2,3)29-24(28)22(26-16-19-10-5-7-14-21(19)23(26)27)15-18-12-8-11-17-9-4-6-13-20(17)18/h4-14,22H,15-16H2,1-3H3. The van der Waals surface area contributed by atoms with Crippen molar-refractivity contribution in [3.8, 4) is 0 Å². The molecule has 148 valence electrons. The summed E-state index contributed by atoms with van der Waals surface area (Å²) >= 11 is 0. The Morgan fingerprint density at radius 2 is 1.69 bits per heavy atom. The van der Waals surface area contributed by atoms with E-state index < -0.39 is 11.6 Å². The van der Waals surface area contributed by atoms with E-state index in [0.717, 1.165) is 21.9 Å². The van der Waals surface area contributed by atoms with Crippen molar-refractivity contribution in [2.45, 2.75) is 45.4 Å². The lowest BCUT2D eigenvalue weighted by Gasteiger charge is -2.30. The van der Waals surface area contributed by atoms with Gasteiger partial charge in [-0.1, -0.05) is 60.7 Å². The van der Waals surface area contributed by atoms with Gasteiger partial charge in [0.25, 0.3) is 5.91 Å². The van der Waals surface area contributed by atoms with Gasteiger partial charge >= 0.3 is 5.97 Å². The van der Waals surface area contributed by atoms with Gasteiger partial charge < -0.3 is 9.64 Å². The molecule has 0 saturated heterocycles. The second-order valence-corrected chi connectivity index (χ2v) is 8.48. The number of fused-ring (bicyclic) bond motifs is 2. The number of carbonyl (C=O) groups excluding carboxylic acids is 2. The molecule has 29 heavy (non-hydrogen) atoms. The molecule has 0 aliphatic carbocycles. The van der Waals surface area contributed by atoms with E-state index >= 15 is 0 Å². The third-order valence-electron chi connectivity index (χ3n) is 5.20. The van der Waals surface area contributed by atoms with Gasteiger partial charge in [-0.15, -0.1) is 0 Å². The molecule has 3 aromatic carbocycles. The van der Waals surface area contributed by atoms with Gasteiger partial charge in [0.2, 0.25) is 0 Å². The summed E-state index contributed by atoms with van der Waals surface area (Å²) in [6.07, 6.45) is 0.413. The summed E-state index contributed by atoms with van der Waals surface area (Å²) in [5.74, 6) is -0.483. The average Bonchev–Trinajstić information content (AvgIpc) is 3.01. The fourth-order valence-corrected chi connectivity index (χ4v) is 3.90. The van der Waals surface area contributed by atoms with Crippen molar-refractivity contribution in [3.05, 3.63) is 83.4 Å². The lowest BCUT2D eigenvalue weighted by atomic mass is 9.98. The molecule has 0 radical (unpaired) electrons. The zero-order valence-corrected chi connectivity index (χ0v) is 17.0. The van der Waals surface area contributed by atoms with Gasteiger partial charge in [-0.25, -0.2) is 4.79 Å². The minimum absolute atomic E-state index is 0.114. The van der Waals surface area contributed by atoms with Gasteiger partial charge in [-0.3, -0.25) is 4.79 Å². The van der Waals surface area contributed by atoms with E-state index in [-0.39, 0.29) is 11.9 Å². The Bertz CT molecular complexity index is 1080. The monoisotopic (exact) mass is 387 g/mol. The Morgan fingerprint density at radius 3 is 2.45 bits per heavy atom. The average molecular weight is 387 g/mol. The highest BCUT2D eigenvalue weighted by molar-refractivity contribution is 6.00. The summed E-state index contributed by atoms with van der Waals surface area (Å²) in [6.45, 7) is 5.96. The van der Waals surface area contributed by atoms with Crippen LogP contribution in [0.3, 0.4) is 0 Å². The Balaban J connectivity index is 1.71. The summed E-state index contributed by atoms with van der Waals surface area (Å²) in [5, 5.41) is 2.21. The molecule has 1 unspecified atom stereocenters. The number of ether oxygens (including phenoxy) is 1. The number of hydrogen-bond donors (Lipinski definition) is 0. The summed E-state index contributed by atoms with van der Waals surface area (Å²) in [6, 6.07) is 21.0. The van der Waals surface area contributed by atoms with Gasteiger partial charge in [0.1, 0.15) is 11.6 Å². The molecule has 0 N–H and O–H groups in total. The van der Waals surface area contributed by atoms with Gasteiger partial charge in [0, 0.05) is 18.5 Å². The van der Waals surface area contributed by atoms with Gasteiger partial charge in [-0.2, -0.15) is 0 Å². The van der Waals surface area contributed by atoms with Crippen LogP contribution in [0.25, 0.3) is 10.8 Å². The molecular weight excluding hydrogens is 362 g/mol. The van der Waals surface area contributed by atoms with E-state index in [4.69, 9.17) is 4.74 Å². The maximum Gasteiger partial charge on any atom is 0.329 e. The van der Waals surface area contributed by atoms with Crippen LogP contribution in [0, 0.1) is 0 Å². The smallest absolute Gasteiger partial charge is 0.329 e. The topological polar surface area (TPSA) is 46.6 Å². The maximum absolute atomic E-state index is 13.2. The molecule has 3 aromatic rings. The minimum Gasteiger partial charge on any atom is -0.458 e. The van der Waals surface area contributed by atoms with Crippen LogP contribution >= 0.6 is 0 Å². The van der Waals surface area contributed by atoms with Crippen molar-refractivity contribution >= 4 is 22.6 Å². The van der Waals surface area contributed by atoms with E-state index in [0.29, 0.717) is 18.5 Å². The van der Waals surface area contributed by atoms with Crippen molar-refractivity contribution in [1.29, 1.82) is 0 Å². The summed E-state index contributed by atoms with van der Waals surface area (Å²) in [7, 11) is 0. The normalized spacial score (nSPS) is 14.7. The highest BCUT2D eigenvalue weighted by atomic mass is 16.6. The molecule has 4 nitrogen and oxygen atoms in total. The van der Waals surface area contributed by atoms with Crippen molar-refractivity contribution < 1.29 is 14.3 Å². The van der Waals surface area contributed by atoms with Crippen molar-refractivity contribution in [2.75, 3.05) is 0 Å². The third-order valence-corrected chi connectivity index (χ3v) is 5.20. The molecule has 4 rings (SSSR count). The summed E-state index contributed by atoms with van der Waals surface area (Å²) in [4.78, 5) is 27.9. The molecule has 0 fully saturated rings. The minimum atomic E-state index is -0.681. The van der Waals surface area contributed by atoms with Crippen molar-refractivity contribution in [3.63, 3.8) is 0 Å². The Kier molecular flexibility index (Phi) is 4.87. The molecule has 1 aliphatic rings. The largest absolute Gasteiger partial charge is 0.458 e. The SMILES string of the molecule is CC(C)(C)OC(=O)C(Cc1cccc2ccccc12)N1Cc2ccccc2C1=O. The Morgan fingerprint density at radius 1 is 1.00 bits per heavy atom. The first-order valence-electron chi connectivity index (χ1n) is 9.92. The van der Waals surface area contributed by atoms with Crippen LogP contribution in [-0.4, -0.2) is 28.4 Å². The molecular formula is C25H25NO3. The lowest BCUT2D eigenvalue weighted by molar-refractivity contribution is -0.160. The molecule has 0 spiro atoms. The van der Waals surface area contributed by atoms with Crippen LogP contribution in [0.15, 0.2) is 66.7 Å². The quantitative estimate of drug-likeness (QED) is 0.607. The molecule has 0 saturated carbocycles. The molecule has 0 bridgehead atoms. The predicted octanol–water partition coefficient (Wildman–Crippen LogP) is 4.75. The van der Waals surface area contributed by atoms with Crippen LogP contribution in [0.2, 0.25) is 0 Å². The zero-order valence-electron chi connectivity index (χ0n) is 17.0. The summed E-state index contributed by atoms with van der Waals surface area (Å²) in [5.41, 5.74) is 2.02. The van der Waals surface area contributed by atoms with Gasteiger partial charge in [0.15, 0.2) is 0 Å². The third kappa shape index (κ3) is 3.88. The first-order valence-corrected chi connectivity index (χ1v) is 9.92. The first kappa shape index (κ1) is 19.2. The molecule has 1 aliphatic heterocycles. The van der Waals surface area contributed by atoms with Crippen LogP contribution < -0.4 is 0 Å². The van der Waals surface area contributed by atoms with E-state index in [9.17, 15) is 9.59 Å². The number of benzene rings is 3. The van der Waals surface area contributed by atoms with Crippen molar-refractivity contribution in [1.82, 2.24) is 4.90 Å². The molecule has 0 aromatic heterocycles. The predicted molar refractivity (Wildman–Crippen MR) is 114 cm³/mol. The second kappa shape index (κ2) is 7.36. The van der Waals surface area contributed by atoms with Crippen LogP contribution in [0.5, 0.6) is 0 Å². The molecule has 1 heterocycles. The zero-order chi connectivity index (χ0) is 20.6. The van der Waals surface area contributed by atoms with Gasteiger partial charge in [0.05, 0.1) is 0 Å². The number of carbonyl (C=O) groups is 2. The van der Waals surface area contributed by atoms with Crippen LogP contribution in [-0.2, 0) is 22.5 Å². The fraction of sp³-hybridized carbons (Fsp3) is 0.280. The van der Waals surface area contributed by atoms with Crippen LogP contribution in [0.4, 0.5) is 0 Å². The van der Waals surface area contributed by atoms with E-state index in [2.05, 4.69) is 18.2 Å². The summed E-state index contributed by atoms with van der Waals surface area (Å²) < 4.78 is 5.71. The number of hydrogen-bond acceptors (Lipinski definition) is 3. The molecule has 4 heteroatoms. The van der Waals surface area contributed by atoms with Gasteiger partial charge in [-0.05, 0) is 48.7 Å². The highest BCUT2D eigenvalue weighted by Crippen LogP contribution is 2.29. The number of amides is 1. The number of nitrogens with zero attached hydrogens (tertiary/aromatic N) is 1. The van der Waals surface area contributed by atoms with Crippen LogP contribution in [0.1, 0.15) is 42.3 Å². The number of rotatable bonds is 4. The first-order chi connectivity index (χ1) is 13.8. The fourth-order valence-electron chi connectivity index (χ4n) is 3.90.